The maximum Gasteiger partial charge on any atom is 0.267 e. The summed E-state index contributed by atoms with van der Waals surface area (Å²) in [5.41, 5.74) is -0.0123. The van der Waals surface area contributed by atoms with Crippen LogP contribution in [0, 0.1) is 18.8 Å². The van der Waals surface area contributed by atoms with Crippen LogP contribution in [0.3, 0.4) is 0 Å². The third kappa shape index (κ3) is 1.97. The molecule has 2 fully saturated rings. The van der Waals surface area contributed by atoms with Crippen LogP contribution in [0.15, 0.2) is 0 Å². The van der Waals surface area contributed by atoms with Gasteiger partial charge in [-0.2, -0.15) is 0 Å². The number of likely N-dealkylation sites (tertiary alicyclic amines) is 1. The molecular weight excluding hydrogens is 262 g/mol. The fraction of sp³-hybridized carbons (Fsp3) is 0.769. The first-order chi connectivity index (χ1) is 9.02. The first-order valence-corrected chi connectivity index (χ1v) is 7.60. The number of hydrogen-bond acceptors (Lipinski definition) is 5. The molecule has 2 aliphatic rings. The molecule has 0 aromatic carbocycles. The highest BCUT2D eigenvalue weighted by Crippen LogP contribution is 2.44. The number of carbonyl (C=O) groups is 1. The average Bonchev–Trinajstić information content (AvgIpc) is 2.81. The molecule has 1 aromatic rings. The summed E-state index contributed by atoms with van der Waals surface area (Å²) < 4.78 is 3.81. The molecule has 1 saturated heterocycles. The van der Waals surface area contributed by atoms with E-state index in [1.54, 1.807) is 11.8 Å². The van der Waals surface area contributed by atoms with Crippen LogP contribution in [0.1, 0.15) is 41.6 Å². The van der Waals surface area contributed by atoms with Crippen molar-refractivity contribution >= 4 is 17.4 Å². The Labute approximate surface area is 116 Å². The van der Waals surface area contributed by atoms with Crippen molar-refractivity contribution in [3.05, 3.63) is 10.6 Å². The van der Waals surface area contributed by atoms with Gasteiger partial charge in [0.05, 0.1) is 17.8 Å². The summed E-state index contributed by atoms with van der Waals surface area (Å²) in [6.45, 7) is 4.93. The fourth-order valence-electron chi connectivity index (χ4n) is 3.18. The molecule has 1 aliphatic carbocycles. The lowest BCUT2D eigenvalue weighted by molar-refractivity contribution is -0.0660. The van der Waals surface area contributed by atoms with E-state index in [-0.39, 0.29) is 11.8 Å². The maximum absolute atomic E-state index is 12.4. The number of β-amino-alcohol motifs (C(OH)–C–C–N with tert-alkyl or cyclic N) is 1. The van der Waals surface area contributed by atoms with Crippen LogP contribution in [0.5, 0.6) is 0 Å². The van der Waals surface area contributed by atoms with Crippen molar-refractivity contribution in [2.75, 3.05) is 13.1 Å². The Morgan fingerprint density at radius 3 is 2.79 bits per heavy atom. The van der Waals surface area contributed by atoms with Crippen LogP contribution >= 0.6 is 11.5 Å². The molecule has 0 unspecified atom stereocenters. The number of carbonyl (C=O) groups excluding carboxylic acids is 1. The number of amides is 1. The van der Waals surface area contributed by atoms with Crippen LogP contribution in [-0.4, -0.2) is 44.2 Å². The summed E-state index contributed by atoms with van der Waals surface area (Å²) in [7, 11) is 0. The van der Waals surface area contributed by atoms with Gasteiger partial charge < -0.3 is 10.0 Å². The zero-order chi connectivity index (χ0) is 13.6. The van der Waals surface area contributed by atoms with Gasteiger partial charge in [0.25, 0.3) is 5.91 Å². The van der Waals surface area contributed by atoms with Crippen molar-refractivity contribution < 1.29 is 9.90 Å². The zero-order valence-electron chi connectivity index (χ0n) is 11.3. The number of aromatic nitrogens is 2. The predicted molar refractivity (Wildman–Crippen MR) is 72.0 cm³/mol. The van der Waals surface area contributed by atoms with E-state index in [2.05, 4.69) is 9.59 Å². The predicted octanol–water partition coefficient (Wildman–Crippen LogP) is 1.47. The van der Waals surface area contributed by atoms with Crippen molar-refractivity contribution in [1.29, 1.82) is 0 Å². The summed E-state index contributed by atoms with van der Waals surface area (Å²) in [5.74, 6) is 0.471. The van der Waals surface area contributed by atoms with Gasteiger partial charge in [-0.05, 0) is 37.2 Å². The van der Waals surface area contributed by atoms with Crippen molar-refractivity contribution in [3.8, 4) is 0 Å². The lowest BCUT2D eigenvalue weighted by Crippen LogP contribution is -2.48. The molecule has 5 nitrogen and oxygen atoms in total. The van der Waals surface area contributed by atoms with E-state index >= 15 is 0 Å². The highest BCUT2D eigenvalue weighted by atomic mass is 32.1. The van der Waals surface area contributed by atoms with Gasteiger partial charge in [-0.1, -0.05) is 17.8 Å². The SMILES string of the molecule is Cc1nnsc1C(=O)N1C[C@@H](C)[C@](O)(C2CCC2)C1. The molecule has 1 aliphatic heterocycles. The number of aliphatic hydroxyl groups is 1. The van der Waals surface area contributed by atoms with E-state index in [4.69, 9.17) is 0 Å². The summed E-state index contributed by atoms with van der Waals surface area (Å²) in [4.78, 5) is 14.8. The van der Waals surface area contributed by atoms with E-state index in [0.29, 0.717) is 29.6 Å². The second-order valence-electron chi connectivity index (χ2n) is 5.89. The Kier molecular flexibility index (Phi) is 3.09. The molecule has 2 heterocycles. The van der Waals surface area contributed by atoms with E-state index in [1.165, 1.54) is 6.42 Å². The quantitative estimate of drug-likeness (QED) is 0.891. The van der Waals surface area contributed by atoms with Crippen LogP contribution in [0.25, 0.3) is 0 Å². The molecule has 0 bridgehead atoms. The first-order valence-electron chi connectivity index (χ1n) is 6.83. The Morgan fingerprint density at radius 1 is 1.53 bits per heavy atom. The fourth-order valence-corrected chi connectivity index (χ4v) is 3.81. The van der Waals surface area contributed by atoms with Crippen LogP contribution in [0.4, 0.5) is 0 Å². The van der Waals surface area contributed by atoms with E-state index in [9.17, 15) is 9.90 Å². The van der Waals surface area contributed by atoms with Crippen LogP contribution < -0.4 is 0 Å². The van der Waals surface area contributed by atoms with Crippen molar-refractivity contribution in [3.63, 3.8) is 0 Å². The molecule has 1 N–H and O–H groups in total. The Morgan fingerprint density at radius 2 is 2.26 bits per heavy atom. The largest absolute Gasteiger partial charge is 0.387 e. The molecule has 1 aromatic heterocycles. The summed E-state index contributed by atoms with van der Waals surface area (Å²) in [5, 5.41) is 14.7. The second-order valence-corrected chi connectivity index (χ2v) is 6.65. The highest BCUT2D eigenvalue weighted by molar-refractivity contribution is 7.07. The Hall–Kier alpha value is -1.01. The van der Waals surface area contributed by atoms with Gasteiger partial charge in [0.2, 0.25) is 0 Å². The lowest BCUT2D eigenvalue weighted by Gasteiger charge is -2.41. The van der Waals surface area contributed by atoms with Gasteiger partial charge in [0.1, 0.15) is 4.88 Å². The second kappa shape index (κ2) is 4.52. The summed E-state index contributed by atoms with van der Waals surface area (Å²) >= 11 is 1.14. The molecule has 0 radical (unpaired) electrons. The third-order valence-electron chi connectivity index (χ3n) is 4.74. The molecule has 19 heavy (non-hydrogen) atoms. The van der Waals surface area contributed by atoms with Gasteiger partial charge >= 0.3 is 0 Å². The molecule has 3 rings (SSSR count). The number of aryl methyl sites for hydroxylation is 1. The van der Waals surface area contributed by atoms with Gasteiger partial charge in [-0.25, -0.2) is 0 Å². The minimum atomic E-state index is -0.695. The maximum atomic E-state index is 12.4. The van der Waals surface area contributed by atoms with E-state index in [0.717, 1.165) is 24.4 Å². The van der Waals surface area contributed by atoms with Crippen molar-refractivity contribution in [2.24, 2.45) is 11.8 Å². The third-order valence-corrected chi connectivity index (χ3v) is 5.55. The van der Waals surface area contributed by atoms with Crippen LogP contribution in [0.2, 0.25) is 0 Å². The Balaban J connectivity index is 1.78. The lowest BCUT2D eigenvalue weighted by atomic mass is 9.69. The summed E-state index contributed by atoms with van der Waals surface area (Å²) in [6.07, 6.45) is 3.37. The monoisotopic (exact) mass is 281 g/mol. The zero-order valence-corrected chi connectivity index (χ0v) is 12.1. The topological polar surface area (TPSA) is 66.3 Å². The highest BCUT2D eigenvalue weighted by Gasteiger charge is 2.51. The number of rotatable bonds is 2. The van der Waals surface area contributed by atoms with Gasteiger partial charge in [0.15, 0.2) is 0 Å². The van der Waals surface area contributed by atoms with E-state index < -0.39 is 5.60 Å². The molecule has 6 heteroatoms. The molecule has 1 amide bonds. The smallest absolute Gasteiger partial charge is 0.267 e. The number of nitrogens with zero attached hydrogens (tertiary/aromatic N) is 3. The molecule has 104 valence electrons. The number of hydrogen-bond donors (Lipinski definition) is 1. The molecule has 0 spiro atoms. The van der Waals surface area contributed by atoms with Gasteiger partial charge in [0, 0.05) is 12.5 Å². The van der Waals surface area contributed by atoms with Gasteiger partial charge in [-0.3, -0.25) is 4.79 Å². The van der Waals surface area contributed by atoms with Crippen molar-refractivity contribution in [2.45, 2.75) is 38.7 Å². The minimum absolute atomic E-state index is 0.0328. The Bertz CT molecular complexity index is 500. The minimum Gasteiger partial charge on any atom is -0.387 e. The van der Waals surface area contributed by atoms with E-state index in [1.807, 2.05) is 6.92 Å². The normalized spacial score (nSPS) is 31.5. The summed E-state index contributed by atoms with van der Waals surface area (Å²) in [6, 6.07) is 0. The standard InChI is InChI=1S/C13H19N3O2S/c1-8-6-16(7-13(8,18)10-4-3-5-10)12(17)11-9(2)14-15-19-11/h8,10,18H,3-7H2,1-2H3/t8-,13+/m1/s1. The average molecular weight is 281 g/mol. The van der Waals surface area contributed by atoms with Gasteiger partial charge in [-0.15, -0.1) is 5.10 Å². The molecule has 2 atom stereocenters. The molecule has 1 saturated carbocycles. The first kappa shape index (κ1) is 13.0. The van der Waals surface area contributed by atoms with Crippen molar-refractivity contribution in [1.82, 2.24) is 14.5 Å². The molecular formula is C13H19N3O2S. The van der Waals surface area contributed by atoms with Crippen LogP contribution in [-0.2, 0) is 0 Å².